The summed E-state index contributed by atoms with van der Waals surface area (Å²) >= 11 is 0. The Morgan fingerprint density at radius 3 is 2.84 bits per heavy atom. The number of amides is 2. The third-order valence-corrected chi connectivity index (χ3v) is 3.75. The molecule has 3 rings (SSSR count). The van der Waals surface area contributed by atoms with Gasteiger partial charge < -0.3 is 16.0 Å². The van der Waals surface area contributed by atoms with E-state index in [1.165, 1.54) is 0 Å². The summed E-state index contributed by atoms with van der Waals surface area (Å²) in [6.45, 7) is 2.61. The van der Waals surface area contributed by atoms with Gasteiger partial charge in [0, 0.05) is 37.7 Å². The largest absolute Gasteiger partial charge is 0.355 e. The molecule has 2 aliphatic heterocycles. The summed E-state index contributed by atoms with van der Waals surface area (Å²) in [4.78, 5) is 23.9. The van der Waals surface area contributed by atoms with Crippen LogP contribution in [0.15, 0.2) is 24.3 Å². The topological polar surface area (TPSA) is 70.2 Å². The van der Waals surface area contributed by atoms with Crippen molar-refractivity contribution >= 4 is 17.5 Å². The van der Waals surface area contributed by atoms with Gasteiger partial charge in [-0.1, -0.05) is 18.2 Å². The molecule has 19 heavy (non-hydrogen) atoms. The number of anilines is 1. The minimum atomic E-state index is -0.363. The zero-order chi connectivity index (χ0) is 13.2. The molecule has 2 aliphatic rings. The van der Waals surface area contributed by atoms with Crippen molar-refractivity contribution in [2.24, 2.45) is 5.92 Å². The molecule has 2 heterocycles. The minimum Gasteiger partial charge on any atom is -0.355 e. The molecule has 0 aromatic heterocycles. The minimum absolute atomic E-state index is 0.0470. The van der Waals surface area contributed by atoms with Gasteiger partial charge in [-0.3, -0.25) is 9.59 Å². The zero-order valence-corrected chi connectivity index (χ0v) is 10.6. The number of hydrogen-bond acceptors (Lipinski definition) is 3. The number of nitrogens with one attached hydrogen (secondary N) is 3. The monoisotopic (exact) mass is 259 g/mol. The number of carbonyl (C=O) groups excluding carboxylic acids is 2. The van der Waals surface area contributed by atoms with E-state index in [0.717, 1.165) is 24.3 Å². The molecule has 2 amide bonds. The maximum absolute atomic E-state index is 12.2. The standard InChI is InChI=1S/C14H17N3O2/c18-13-5-11(10-3-1-2-4-12(10)17-13)14(19)16-8-9-6-15-7-9/h1-4,9,11,15H,5-8H2,(H,16,19)(H,17,18). The van der Waals surface area contributed by atoms with Crippen molar-refractivity contribution in [3.63, 3.8) is 0 Å². The fraction of sp³-hybridized carbons (Fsp3) is 0.429. The summed E-state index contributed by atoms with van der Waals surface area (Å²) in [7, 11) is 0. The average molecular weight is 259 g/mol. The molecule has 0 bridgehead atoms. The second kappa shape index (κ2) is 5.01. The third kappa shape index (κ3) is 2.46. The van der Waals surface area contributed by atoms with Crippen LogP contribution < -0.4 is 16.0 Å². The Kier molecular flexibility index (Phi) is 3.21. The number of para-hydroxylation sites is 1. The second-order valence-electron chi connectivity index (χ2n) is 5.16. The highest BCUT2D eigenvalue weighted by Crippen LogP contribution is 2.31. The van der Waals surface area contributed by atoms with E-state index < -0.39 is 0 Å². The highest BCUT2D eigenvalue weighted by molar-refractivity contribution is 6.01. The van der Waals surface area contributed by atoms with E-state index in [1.807, 2.05) is 24.3 Å². The number of fused-ring (bicyclic) bond motifs is 1. The van der Waals surface area contributed by atoms with E-state index in [4.69, 9.17) is 0 Å². The van der Waals surface area contributed by atoms with Gasteiger partial charge in [0.05, 0.1) is 5.92 Å². The van der Waals surface area contributed by atoms with E-state index in [-0.39, 0.29) is 24.2 Å². The summed E-state index contributed by atoms with van der Waals surface area (Å²) in [6.07, 6.45) is 0.228. The number of benzene rings is 1. The van der Waals surface area contributed by atoms with E-state index >= 15 is 0 Å². The molecule has 3 N–H and O–H groups in total. The summed E-state index contributed by atoms with van der Waals surface area (Å²) in [5, 5.41) is 8.93. The van der Waals surface area contributed by atoms with Crippen molar-refractivity contribution in [1.29, 1.82) is 0 Å². The molecule has 1 saturated heterocycles. The van der Waals surface area contributed by atoms with E-state index in [0.29, 0.717) is 12.5 Å². The number of carbonyl (C=O) groups is 2. The van der Waals surface area contributed by atoms with E-state index in [9.17, 15) is 9.59 Å². The highest BCUT2D eigenvalue weighted by atomic mass is 16.2. The summed E-state index contributed by atoms with van der Waals surface area (Å²) in [5.74, 6) is 0.0213. The Balaban J connectivity index is 1.72. The predicted molar refractivity (Wildman–Crippen MR) is 71.8 cm³/mol. The van der Waals surface area contributed by atoms with Crippen LogP contribution in [0, 0.1) is 5.92 Å². The molecular formula is C14H17N3O2. The molecule has 5 heteroatoms. The summed E-state index contributed by atoms with van der Waals surface area (Å²) in [6, 6.07) is 7.50. The first-order valence-corrected chi connectivity index (χ1v) is 6.61. The van der Waals surface area contributed by atoms with Crippen molar-refractivity contribution < 1.29 is 9.59 Å². The van der Waals surface area contributed by atoms with Gasteiger partial charge in [0.2, 0.25) is 11.8 Å². The van der Waals surface area contributed by atoms with Gasteiger partial charge in [-0.15, -0.1) is 0 Å². The van der Waals surface area contributed by atoms with Crippen LogP contribution in [0.25, 0.3) is 0 Å². The van der Waals surface area contributed by atoms with Crippen molar-refractivity contribution in [1.82, 2.24) is 10.6 Å². The summed E-state index contributed by atoms with van der Waals surface area (Å²) < 4.78 is 0. The molecule has 1 fully saturated rings. The Hall–Kier alpha value is -1.88. The quantitative estimate of drug-likeness (QED) is 0.738. The predicted octanol–water partition coefficient (Wildman–Crippen LogP) is 0.448. The lowest BCUT2D eigenvalue weighted by atomic mass is 9.89. The molecule has 1 aromatic carbocycles. The number of hydrogen-bond donors (Lipinski definition) is 3. The van der Waals surface area contributed by atoms with Gasteiger partial charge in [0.1, 0.15) is 0 Å². The third-order valence-electron chi connectivity index (χ3n) is 3.75. The first kappa shape index (κ1) is 12.2. The molecule has 0 saturated carbocycles. The van der Waals surface area contributed by atoms with Crippen LogP contribution in [0.3, 0.4) is 0 Å². The van der Waals surface area contributed by atoms with Gasteiger partial charge in [-0.2, -0.15) is 0 Å². The smallest absolute Gasteiger partial charge is 0.228 e. The Morgan fingerprint density at radius 2 is 2.11 bits per heavy atom. The van der Waals surface area contributed by atoms with E-state index in [2.05, 4.69) is 16.0 Å². The van der Waals surface area contributed by atoms with Crippen molar-refractivity contribution in [2.75, 3.05) is 25.0 Å². The molecule has 0 radical (unpaired) electrons. The molecule has 1 atom stereocenters. The van der Waals surface area contributed by atoms with Crippen molar-refractivity contribution in [2.45, 2.75) is 12.3 Å². The van der Waals surface area contributed by atoms with Crippen molar-refractivity contribution in [3.05, 3.63) is 29.8 Å². The van der Waals surface area contributed by atoms with Crippen LogP contribution >= 0.6 is 0 Å². The Labute approximate surface area is 111 Å². The van der Waals surface area contributed by atoms with Gasteiger partial charge in [0.15, 0.2) is 0 Å². The fourth-order valence-electron chi connectivity index (χ4n) is 2.51. The van der Waals surface area contributed by atoms with Crippen LogP contribution in [0.5, 0.6) is 0 Å². The second-order valence-corrected chi connectivity index (χ2v) is 5.16. The maximum Gasteiger partial charge on any atom is 0.228 e. The van der Waals surface area contributed by atoms with Crippen molar-refractivity contribution in [3.8, 4) is 0 Å². The molecule has 1 unspecified atom stereocenters. The lowest BCUT2D eigenvalue weighted by Crippen LogP contribution is -2.49. The molecule has 0 aliphatic carbocycles. The first-order valence-electron chi connectivity index (χ1n) is 6.61. The Morgan fingerprint density at radius 1 is 1.32 bits per heavy atom. The zero-order valence-electron chi connectivity index (χ0n) is 10.6. The fourth-order valence-corrected chi connectivity index (χ4v) is 2.51. The van der Waals surface area contributed by atoms with Crippen LogP contribution in [0.1, 0.15) is 17.9 Å². The van der Waals surface area contributed by atoms with Crippen LogP contribution in [0.2, 0.25) is 0 Å². The lowest BCUT2D eigenvalue weighted by Gasteiger charge is -2.29. The molecule has 1 aromatic rings. The molecule has 100 valence electrons. The molecule has 0 spiro atoms. The highest BCUT2D eigenvalue weighted by Gasteiger charge is 2.30. The Bertz CT molecular complexity index is 511. The summed E-state index contributed by atoms with van der Waals surface area (Å²) in [5.41, 5.74) is 1.66. The van der Waals surface area contributed by atoms with Gasteiger partial charge >= 0.3 is 0 Å². The maximum atomic E-state index is 12.2. The number of rotatable bonds is 3. The van der Waals surface area contributed by atoms with Crippen LogP contribution in [-0.2, 0) is 9.59 Å². The van der Waals surface area contributed by atoms with Gasteiger partial charge in [0.25, 0.3) is 0 Å². The normalized spacial score (nSPS) is 22.1. The molecular weight excluding hydrogens is 242 g/mol. The van der Waals surface area contributed by atoms with Crippen LogP contribution in [0.4, 0.5) is 5.69 Å². The molecule has 5 nitrogen and oxygen atoms in total. The lowest BCUT2D eigenvalue weighted by molar-refractivity contribution is -0.126. The van der Waals surface area contributed by atoms with Gasteiger partial charge in [-0.25, -0.2) is 0 Å². The SMILES string of the molecule is O=C1CC(C(=O)NCC2CNC2)c2ccccc2N1. The average Bonchev–Trinajstić information content (AvgIpc) is 2.35. The first-order chi connectivity index (χ1) is 9.24. The van der Waals surface area contributed by atoms with Crippen LogP contribution in [-0.4, -0.2) is 31.4 Å². The van der Waals surface area contributed by atoms with Gasteiger partial charge in [-0.05, 0) is 11.6 Å². The van der Waals surface area contributed by atoms with E-state index in [1.54, 1.807) is 0 Å².